The first-order valence-electron chi connectivity index (χ1n) is 7.86. The van der Waals surface area contributed by atoms with Crippen LogP contribution >= 0.6 is 15.9 Å². The molecule has 126 valence electrons. The zero-order valence-electron chi connectivity index (χ0n) is 13.2. The van der Waals surface area contributed by atoms with Crippen molar-refractivity contribution in [1.29, 1.82) is 0 Å². The van der Waals surface area contributed by atoms with Crippen LogP contribution in [0.3, 0.4) is 0 Å². The van der Waals surface area contributed by atoms with Crippen molar-refractivity contribution in [3.63, 3.8) is 0 Å². The minimum absolute atomic E-state index is 0.0965. The minimum atomic E-state index is -1.05. The molecule has 0 radical (unpaired) electrons. The lowest BCUT2D eigenvalue weighted by Gasteiger charge is -2.42. The molecular weight excluding hydrogens is 362 g/mol. The van der Waals surface area contributed by atoms with E-state index in [1.54, 1.807) is 6.07 Å². The molecule has 0 unspecified atom stereocenters. The van der Waals surface area contributed by atoms with Gasteiger partial charge in [0.05, 0.1) is 5.56 Å². The van der Waals surface area contributed by atoms with E-state index in [0.717, 1.165) is 19.3 Å². The number of carbonyl (C=O) groups excluding carboxylic acids is 1. The Labute approximate surface area is 144 Å². The number of rotatable bonds is 8. The van der Waals surface area contributed by atoms with Crippen molar-refractivity contribution in [1.82, 2.24) is 5.32 Å². The van der Waals surface area contributed by atoms with E-state index >= 15 is 0 Å². The van der Waals surface area contributed by atoms with Gasteiger partial charge in [0.2, 0.25) is 0 Å². The maximum Gasteiger partial charge on any atom is 0.335 e. The summed E-state index contributed by atoms with van der Waals surface area (Å²) in [6, 6.07) is 4.51. The molecule has 1 fully saturated rings. The summed E-state index contributed by atoms with van der Waals surface area (Å²) in [7, 11) is 0. The Bertz CT molecular complexity index is 584. The van der Waals surface area contributed by atoms with Gasteiger partial charge in [-0.3, -0.25) is 4.79 Å². The fourth-order valence-corrected chi connectivity index (χ4v) is 3.33. The summed E-state index contributed by atoms with van der Waals surface area (Å²) in [6.07, 6.45) is 4.32. The van der Waals surface area contributed by atoms with E-state index in [4.69, 9.17) is 9.84 Å². The third-order valence-electron chi connectivity index (χ3n) is 4.43. The third kappa shape index (κ3) is 4.78. The average Bonchev–Trinajstić information content (AvgIpc) is 2.48. The average molecular weight is 384 g/mol. The van der Waals surface area contributed by atoms with Crippen LogP contribution in [0.25, 0.3) is 0 Å². The molecule has 0 bridgehead atoms. The summed E-state index contributed by atoms with van der Waals surface area (Å²) < 4.78 is 6.01. The molecule has 2 N–H and O–H groups in total. The molecule has 1 aromatic carbocycles. The number of halogens is 1. The van der Waals surface area contributed by atoms with Gasteiger partial charge in [0.15, 0.2) is 0 Å². The quantitative estimate of drug-likeness (QED) is 0.673. The van der Waals surface area contributed by atoms with Crippen molar-refractivity contribution >= 4 is 27.8 Å². The molecule has 0 saturated heterocycles. The fourth-order valence-electron chi connectivity index (χ4n) is 2.84. The normalized spacial score (nSPS) is 15.7. The molecule has 1 amide bonds. The molecule has 1 aromatic rings. The number of aromatic carboxylic acids is 1. The Hall–Kier alpha value is -1.40. The zero-order valence-corrected chi connectivity index (χ0v) is 14.8. The first kappa shape index (κ1) is 17.9. The highest BCUT2D eigenvalue weighted by atomic mass is 79.9. The van der Waals surface area contributed by atoms with Gasteiger partial charge in [-0.25, -0.2) is 4.79 Å². The van der Waals surface area contributed by atoms with Crippen LogP contribution in [0, 0.1) is 5.41 Å². The van der Waals surface area contributed by atoms with E-state index in [2.05, 4.69) is 21.2 Å². The van der Waals surface area contributed by atoms with Gasteiger partial charge >= 0.3 is 5.97 Å². The van der Waals surface area contributed by atoms with E-state index in [-0.39, 0.29) is 16.9 Å². The largest absolute Gasteiger partial charge is 0.478 e. The predicted octanol–water partition coefficient (Wildman–Crippen LogP) is 3.47. The van der Waals surface area contributed by atoms with Crippen LogP contribution in [0.15, 0.2) is 22.7 Å². The molecule has 0 atom stereocenters. The van der Waals surface area contributed by atoms with Crippen LogP contribution in [0.5, 0.6) is 0 Å². The lowest BCUT2D eigenvalue weighted by molar-refractivity contribution is 0.0513. The van der Waals surface area contributed by atoms with Crippen molar-refractivity contribution in [3.8, 4) is 0 Å². The monoisotopic (exact) mass is 383 g/mol. The van der Waals surface area contributed by atoms with Crippen LogP contribution in [0.4, 0.5) is 0 Å². The molecule has 0 spiro atoms. The maximum atomic E-state index is 12.3. The van der Waals surface area contributed by atoms with Crippen molar-refractivity contribution in [2.45, 2.75) is 32.6 Å². The number of amides is 1. The number of benzene rings is 1. The van der Waals surface area contributed by atoms with Crippen molar-refractivity contribution in [2.75, 3.05) is 19.8 Å². The fraction of sp³-hybridized carbons (Fsp3) is 0.529. The minimum Gasteiger partial charge on any atom is -0.478 e. The van der Waals surface area contributed by atoms with Crippen LogP contribution < -0.4 is 5.32 Å². The highest BCUT2D eigenvalue weighted by Gasteiger charge is 2.36. The van der Waals surface area contributed by atoms with Crippen molar-refractivity contribution in [2.24, 2.45) is 5.41 Å². The van der Waals surface area contributed by atoms with Gasteiger partial charge in [-0.2, -0.15) is 0 Å². The van der Waals surface area contributed by atoms with Crippen LogP contribution in [-0.4, -0.2) is 36.7 Å². The summed E-state index contributed by atoms with van der Waals surface area (Å²) in [5, 5.41) is 12.0. The van der Waals surface area contributed by atoms with E-state index in [0.29, 0.717) is 29.8 Å². The summed E-state index contributed by atoms with van der Waals surface area (Å²) in [5.74, 6) is -1.29. The van der Waals surface area contributed by atoms with E-state index in [1.807, 2.05) is 6.92 Å². The molecule has 5 nitrogen and oxygen atoms in total. The van der Waals surface area contributed by atoms with Gasteiger partial charge < -0.3 is 15.2 Å². The number of nitrogens with one attached hydrogen (secondary N) is 1. The first-order chi connectivity index (χ1) is 11.0. The Morgan fingerprint density at radius 3 is 2.57 bits per heavy atom. The summed E-state index contributed by atoms with van der Waals surface area (Å²) in [6.45, 7) is 4.00. The molecule has 1 saturated carbocycles. The van der Waals surface area contributed by atoms with E-state index in [1.165, 1.54) is 18.6 Å². The molecule has 1 aliphatic rings. The molecule has 23 heavy (non-hydrogen) atoms. The summed E-state index contributed by atoms with van der Waals surface area (Å²) >= 11 is 3.25. The first-order valence-corrected chi connectivity index (χ1v) is 8.65. The summed E-state index contributed by atoms with van der Waals surface area (Å²) in [4.78, 5) is 23.4. The van der Waals surface area contributed by atoms with E-state index in [9.17, 15) is 9.59 Å². The molecule has 1 aliphatic carbocycles. The Morgan fingerprint density at radius 1 is 1.30 bits per heavy atom. The summed E-state index contributed by atoms with van der Waals surface area (Å²) in [5.41, 5.74) is 0.585. The van der Waals surface area contributed by atoms with Gasteiger partial charge in [0.25, 0.3) is 5.91 Å². The standard InChI is InChI=1S/C17H22BrNO4/c1-2-23-7-6-17(4-3-5-17)11-19-15(20)12-8-13(16(21)22)10-14(18)9-12/h8-10H,2-7,11H2,1H3,(H,19,20)(H,21,22). The number of carboxylic acids is 1. The van der Waals surface area contributed by atoms with Gasteiger partial charge in [-0.1, -0.05) is 22.4 Å². The number of ether oxygens (including phenoxy) is 1. The molecule has 0 heterocycles. The number of carbonyl (C=O) groups is 2. The predicted molar refractivity (Wildman–Crippen MR) is 90.8 cm³/mol. The van der Waals surface area contributed by atoms with Gasteiger partial charge in [-0.05, 0) is 49.8 Å². The lowest BCUT2D eigenvalue weighted by atomic mass is 9.66. The van der Waals surface area contributed by atoms with E-state index < -0.39 is 5.97 Å². The molecular formula is C17H22BrNO4. The number of carboxylic acid groups (broad SMARTS) is 1. The van der Waals surface area contributed by atoms with Crippen LogP contribution in [0.2, 0.25) is 0 Å². The molecule has 0 aromatic heterocycles. The van der Waals surface area contributed by atoms with Crippen LogP contribution in [-0.2, 0) is 4.74 Å². The SMILES string of the molecule is CCOCCC1(CNC(=O)c2cc(Br)cc(C(=O)O)c2)CCC1. The van der Waals surface area contributed by atoms with Gasteiger partial charge in [-0.15, -0.1) is 0 Å². The third-order valence-corrected chi connectivity index (χ3v) is 4.88. The smallest absolute Gasteiger partial charge is 0.335 e. The van der Waals surface area contributed by atoms with Gasteiger partial charge in [0.1, 0.15) is 0 Å². The maximum absolute atomic E-state index is 12.3. The second kappa shape index (κ2) is 7.93. The highest BCUT2D eigenvalue weighted by Crippen LogP contribution is 2.43. The second-order valence-corrected chi connectivity index (χ2v) is 6.93. The zero-order chi connectivity index (χ0) is 16.9. The lowest BCUT2D eigenvalue weighted by Crippen LogP contribution is -2.43. The second-order valence-electron chi connectivity index (χ2n) is 6.02. The highest BCUT2D eigenvalue weighted by molar-refractivity contribution is 9.10. The molecule has 2 rings (SSSR count). The Kier molecular flexibility index (Phi) is 6.18. The Morgan fingerprint density at radius 2 is 2.00 bits per heavy atom. The van der Waals surface area contributed by atoms with Crippen molar-refractivity contribution < 1.29 is 19.4 Å². The molecule has 6 heteroatoms. The topological polar surface area (TPSA) is 75.6 Å². The van der Waals surface area contributed by atoms with Gasteiger partial charge in [0, 0.05) is 29.8 Å². The number of hydrogen-bond acceptors (Lipinski definition) is 3. The molecule has 0 aliphatic heterocycles. The van der Waals surface area contributed by atoms with Crippen molar-refractivity contribution in [3.05, 3.63) is 33.8 Å². The van der Waals surface area contributed by atoms with Crippen LogP contribution in [0.1, 0.15) is 53.3 Å². The number of hydrogen-bond donors (Lipinski definition) is 2. The Balaban J connectivity index is 1.97.